The average molecular weight is 818 g/mol. The molecule has 2 aromatic rings. The number of nitrogens with zero attached hydrogens (tertiary/aromatic N) is 1. The van der Waals surface area contributed by atoms with Gasteiger partial charge in [0.1, 0.15) is 42.0 Å². The Balaban J connectivity index is 1.02. The van der Waals surface area contributed by atoms with Crippen LogP contribution in [-0.2, 0) is 56.0 Å². The lowest BCUT2D eigenvalue weighted by Gasteiger charge is -2.48. The molecule has 2 bridgehead atoms. The molecule has 6 fully saturated rings. The molecule has 3 saturated carbocycles. The Morgan fingerprint density at radius 2 is 1.76 bits per heavy atom. The first-order valence-corrected chi connectivity index (χ1v) is 20.8. The van der Waals surface area contributed by atoms with Gasteiger partial charge in [0.2, 0.25) is 5.91 Å². The molecule has 8 rings (SSSR count). The van der Waals surface area contributed by atoms with E-state index in [1.54, 1.807) is 56.2 Å². The van der Waals surface area contributed by atoms with E-state index in [1.807, 2.05) is 24.3 Å². The van der Waals surface area contributed by atoms with Crippen LogP contribution in [0.3, 0.4) is 0 Å². The van der Waals surface area contributed by atoms with Crippen LogP contribution < -0.4 is 10.6 Å². The van der Waals surface area contributed by atoms with Crippen LogP contribution in [0.15, 0.2) is 54.8 Å². The summed E-state index contributed by atoms with van der Waals surface area (Å²) in [6.07, 6.45) is 4.81. The molecule has 59 heavy (non-hydrogen) atoms. The Labute approximate surface area is 343 Å². The summed E-state index contributed by atoms with van der Waals surface area (Å²) in [6, 6.07) is 12.6. The largest absolute Gasteiger partial charge is 0.499 e. The van der Waals surface area contributed by atoms with Gasteiger partial charge in [-0.1, -0.05) is 36.4 Å². The van der Waals surface area contributed by atoms with Crippen molar-refractivity contribution in [2.75, 3.05) is 19.8 Å². The van der Waals surface area contributed by atoms with Gasteiger partial charge in [-0.2, -0.15) is 5.06 Å². The van der Waals surface area contributed by atoms with Gasteiger partial charge in [0.25, 0.3) is 5.91 Å². The molecule has 15 heteroatoms. The predicted molar refractivity (Wildman–Crippen MR) is 209 cm³/mol. The number of aliphatic hydroxyl groups excluding tert-OH is 2. The average Bonchev–Trinajstić information content (AvgIpc) is 4.16. The number of carbonyl (C=O) groups is 4. The van der Waals surface area contributed by atoms with Crippen molar-refractivity contribution in [3.8, 4) is 0 Å². The first kappa shape index (κ1) is 41.4. The summed E-state index contributed by atoms with van der Waals surface area (Å²) in [6.45, 7) is 5.18. The zero-order valence-corrected chi connectivity index (χ0v) is 33.8. The second-order valence-electron chi connectivity index (χ2n) is 17.6. The van der Waals surface area contributed by atoms with Gasteiger partial charge in [0.15, 0.2) is 11.8 Å². The minimum atomic E-state index is -1.39. The first-order chi connectivity index (χ1) is 28.3. The lowest BCUT2D eigenvalue weighted by atomic mass is 9.62. The molecule has 6 aliphatic rings. The van der Waals surface area contributed by atoms with Crippen LogP contribution in [0.2, 0.25) is 0 Å². The minimum absolute atomic E-state index is 0.0268. The summed E-state index contributed by atoms with van der Waals surface area (Å²) in [4.78, 5) is 61.5. The van der Waals surface area contributed by atoms with Crippen LogP contribution in [0.5, 0.6) is 0 Å². The van der Waals surface area contributed by atoms with E-state index in [2.05, 4.69) is 10.6 Å². The maximum atomic E-state index is 14.9. The third-order valence-electron chi connectivity index (χ3n) is 12.2. The van der Waals surface area contributed by atoms with E-state index in [9.17, 15) is 24.3 Å². The highest BCUT2D eigenvalue weighted by molar-refractivity contribution is 5.95. The van der Waals surface area contributed by atoms with Gasteiger partial charge in [0.05, 0.1) is 32.1 Å². The molecule has 4 N–H and O–H groups in total. The molecule has 0 unspecified atom stereocenters. The van der Waals surface area contributed by atoms with E-state index in [0.717, 1.165) is 36.8 Å². The standard InChI is InChI=1S/C44H55N3O12/c1-42(2,3)56-34(50)16-15-32(25-49)46-39(51)28-10-6-7-26(21-28)23-45-41(53)43-22-33-35-36(58-44(57-35,30-11-12-30)31-13-14-31)38(43)59-47(37(43)40(52)55-33)24-29-9-5-4-8-27(29)17-19-54-20-18-48/h4-10,17,19,21,30-33,35-38,48-49H,11-16,18,20,22-25H2,1-3H3,(H,45,53)(H,46,51)/t32-,33+,35-,36-,37-,38+,43-/m0/s1. The van der Waals surface area contributed by atoms with Crippen molar-refractivity contribution in [1.29, 1.82) is 0 Å². The van der Waals surface area contributed by atoms with Crippen LogP contribution in [0.4, 0.5) is 0 Å². The second-order valence-corrected chi connectivity index (χ2v) is 17.6. The summed E-state index contributed by atoms with van der Waals surface area (Å²) in [7, 11) is 0. The van der Waals surface area contributed by atoms with Crippen LogP contribution in [0, 0.1) is 17.3 Å². The van der Waals surface area contributed by atoms with E-state index in [1.165, 1.54) is 6.26 Å². The molecule has 3 aliphatic heterocycles. The van der Waals surface area contributed by atoms with Gasteiger partial charge in [-0.15, -0.1) is 0 Å². The number of aliphatic hydroxyl groups is 2. The summed E-state index contributed by atoms with van der Waals surface area (Å²) in [5.74, 6) is -2.14. The van der Waals surface area contributed by atoms with Gasteiger partial charge in [-0.3, -0.25) is 24.0 Å². The van der Waals surface area contributed by atoms with E-state index in [0.29, 0.717) is 11.1 Å². The number of ether oxygens (including phenoxy) is 5. The minimum Gasteiger partial charge on any atom is -0.499 e. The third kappa shape index (κ3) is 8.37. The number of nitrogens with one attached hydrogen (secondary N) is 2. The summed E-state index contributed by atoms with van der Waals surface area (Å²) in [5.41, 5.74) is 0.535. The predicted octanol–water partition coefficient (Wildman–Crippen LogP) is 3.30. The summed E-state index contributed by atoms with van der Waals surface area (Å²) < 4.78 is 30.7. The second kappa shape index (κ2) is 16.6. The zero-order valence-electron chi connectivity index (χ0n) is 33.8. The Hall–Kier alpha value is -4.38. The smallest absolute Gasteiger partial charge is 0.327 e. The maximum absolute atomic E-state index is 14.9. The highest BCUT2D eigenvalue weighted by Gasteiger charge is 2.78. The van der Waals surface area contributed by atoms with Crippen molar-refractivity contribution in [3.63, 3.8) is 0 Å². The van der Waals surface area contributed by atoms with Crippen molar-refractivity contribution in [2.45, 2.75) is 127 Å². The normalized spacial score (nSPS) is 28.8. The van der Waals surface area contributed by atoms with Gasteiger partial charge in [-0.25, -0.2) is 0 Å². The SMILES string of the molecule is CC(C)(C)OC(=O)CC[C@@H](CO)NC(=O)c1cccc(CNC(=O)[C@@]23C[C@H]4OC(=O)[C@@H]2N(Cc2ccccc2C=COCCO)O[C@@H]3[C@H]2OC(C3CC3)(C3CC3)O[C@H]24)c1. The molecule has 3 aliphatic carbocycles. The van der Waals surface area contributed by atoms with Gasteiger partial charge in [0, 0.05) is 36.8 Å². The van der Waals surface area contributed by atoms with Crippen molar-refractivity contribution < 1.29 is 57.9 Å². The number of carbonyl (C=O) groups excluding carboxylic acids is 4. The number of amides is 2. The van der Waals surface area contributed by atoms with E-state index in [-0.39, 0.29) is 64.0 Å². The zero-order chi connectivity index (χ0) is 41.5. The van der Waals surface area contributed by atoms with Gasteiger partial charge >= 0.3 is 11.9 Å². The Morgan fingerprint density at radius 1 is 1.02 bits per heavy atom. The van der Waals surface area contributed by atoms with Crippen LogP contribution >= 0.6 is 0 Å². The fourth-order valence-electron chi connectivity index (χ4n) is 9.25. The molecule has 2 aromatic carbocycles. The maximum Gasteiger partial charge on any atom is 0.327 e. The van der Waals surface area contributed by atoms with Crippen LogP contribution in [0.25, 0.3) is 6.08 Å². The van der Waals surface area contributed by atoms with E-state index in [4.69, 9.17) is 33.6 Å². The van der Waals surface area contributed by atoms with Gasteiger partial charge < -0.3 is 44.5 Å². The molecule has 15 nitrogen and oxygen atoms in total. The number of esters is 2. The lowest BCUT2D eigenvalue weighted by molar-refractivity contribution is -0.235. The van der Waals surface area contributed by atoms with Gasteiger partial charge in [-0.05, 0) is 87.8 Å². The number of rotatable bonds is 17. The molecule has 3 heterocycles. The molecule has 0 aromatic heterocycles. The Bertz CT molecular complexity index is 1930. The molecule has 7 atom stereocenters. The summed E-state index contributed by atoms with van der Waals surface area (Å²) in [5, 5.41) is 26.5. The molecular formula is C44H55N3O12. The monoisotopic (exact) mass is 817 g/mol. The number of benzene rings is 2. The molecular weight excluding hydrogens is 762 g/mol. The van der Waals surface area contributed by atoms with Crippen molar-refractivity contribution in [3.05, 3.63) is 77.0 Å². The molecule has 2 amide bonds. The molecule has 0 radical (unpaired) electrons. The molecule has 0 spiro atoms. The first-order valence-electron chi connectivity index (χ1n) is 20.8. The number of hydrogen-bond acceptors (Lipinski definition) is 13. The topological polar surface area (TPSA) is 191 Å². The number of fused-ring (bicyclic) bond motifs is 4. The Morgan fingerprint density at radius 3 is 2.47 bits per heavy atom. The number of hydroxylamine groups is 2. The van der Waals surface area contributed by atoms with Crippen molar-refractivity contribution in [2.24, 2.45) is 17.3 Å². The fourth-order valence-corrected chi connectivity index (χ4v) is 9.25. The van der Waals surface area contributed by atoms with Crippen molar-refractivity contribution >= 4 is 29.8 Å². The summed E-state index contributed by atoms with van der Waals surface area (Å²) >= 11 is 0. The fraction of sp³-hybridized carbons (Fsp3) is 0.591. The van der Waals surface area contributed by atoms with Crippen LogP contribution in [0.1, 0.15) is 92.8 Å². The molecule has 318 valence electrons. The van der Waals surface area contributed by atoms with Crippen LogP contribution in [-0.4, -0.2) is 107 Å². The lowest BCUT2D eigenvalue weighted by Crippen LogP contribution is -2.69. The van der Waals surface area contributed by atoms with E-state index >= 15 is 0 Å². The van der Waals surface area contributed by atoms with Crippen molar-refractivity contribution in [1.82, 2.24) is 15.7 Å². The third-order valence-corrected chi connectivity index (χ3v) is 12.2. The molecule has 3 saturated heterocycles. The quantitative estimate of drug-likeness (QED) is 0.103. The number of hydrogen-bond donors (Lipinski definition) is 4. The van der Waals surface area contributed by atoms with E-state index < -0.39 is 77.1 Å². The Kier molecular flexibility index (Phi) is 11.6. The highest BCUT2D eigenvalue weighted by atomic mass is 16.8. The highest BCUT2D eigenvalue weighted by Crippen LogP contribution is 2.63.